The number of nitrogens with one attached hydrogen (secondary N) is 3. The van der Waals surface area contributed by atoms with Crippen LogP contribution in [0.5, 0.6) is 0 Å². The summed E-state index contributed by atoms with van der Waals surface area (Å²) in [5.41, 5.74) is 0.333. The van der Waals surface area contributed by atoms with Crippen molar-refractivity contribution >= 4 is 35.2 Å². The maximum atomic E-state index is 12.0. The first kappa shape index (κ1) is 19.4. The number of rotatable bonds is 7. The highest BCUT2D eigenvalue weighted by atomic mass is 32.1. The van der Waals surface area contributed by atoms with Crippen molar-refractivity contribution in [3.8, 4) is 0 Å². The van der Waals surface area contributed by atoms with Crippen molar-refractivity contribution in [1.82, 2.24) is 16.0 Å². The normalized spacial score (nSPS) is 16.4. The topological polar surface area (TPSA) is 123 Å². The molecule has 140 valence electrons. The molecule has 2 rings (SSSR count). The molecule has 0 aromatic carbocycles. The molecule has 0 saturated carbocycles. The van der Waals surface area contributed by atoms with E-state index in [1.54, 1.807) is 31.4 Å². The van der Waals surface area contributed by atoms with Crippen molar-refractivity contribution in [3.05, 3.63) is 33.7 Å². The third kappa shape index (κ3) is 5.06. The van der Waals surface area contributed by atoms with Gasteiger partial charge in [0.15, 0.2) is 0 Å². The van der Waals surface area contributed by atoms with Crippen LogP contribution in [0, 0.1) is 0 Å². The fourth-order valence-corrected chi connectivity index (χ4v) is 2.88. The van der Waals surface area contributed by atoms with Gasteiger partial charge in [0.1, 0.15) is 13.2 Å². The Morgan fingerprint density at radius 3 is 2.73 bits per heavy atom. The number of carbonyl (C=O) groups is 4. The minimum atomic E-state index is -0.703. The lowest BCUT2D eigenvalue weighted by molar-refractivity contribution is -0.142. The minimum Gasteiger partial charge on any atom is -0.463 e. The number of esters is 2. The summed E-state index contributed by atoms with van der Waals surface area (Å²) >= 11 is 1.25. The number of urea groups is 1. The van der Waals surface area contributed by atoms with Crippen molar-refractivity contribution < 1.29 is 28.7 Å². The van der Waals surface area contributed by atoms with Gasteiger partial charge in [-0.1, -0.05) is 6.07 Å². The van der Waals surface area contributed by atoms with Crippen molar-refractivity contribution in [1.29, 1.82) is 0 Å². The maximum Gasteiger partial charge on any atom is 0.338 e. The van der Waals surface area contributed by atoms with Gasteiger partial charge >= 0.3 is 18.0 Å². The molecule has 0 radical (unpaired) electrons. The summed E-state index contributed by atoms with van der Waals surface area (Å²) in [7, 11) is 0. The molecule has 1 aromatic rings. The van der Waals surface area contributed by atoms with Crippen LogP contribution in [-0.2, 0) is 19.1 Å². The van der Waals surface area contributed by atoms with E-state index < -0.39 is 24.0 Å². The van der Waals surface area contributed by atoms with Crippen LogP contribution in [0.15, 0.2) is 28.8 Å². The van der Waals surface area contributed by atoms with Crippen LogP contribution >= 0.6 is 11.3 Å². The highest BCUT2D eigenvalue weighted by Gasteiger charge is 2.30. The van der Waals surface area contributed by atoms with Crippen LogP contribution in [0.3, 0.4) is 0 Å². The molecule has 0 aliphatic carbocycles. The van der Waals surface area contributed by atoms with Crippen LogP contribution < -0.4 is 16.0 Å². The van der Waals surface area contributed by atoms with Gasteiger partial charge in [-0.05, 0) is 25.3 Å². The lowest BCUT2D eigenvalue weighted by atomic mass is 10.0. The summed E-state index contributed by atoms with van der Waals surface area (Å²) in [6.07, 6.45) is 0. The largest absolute Gasteiger partial charge is 0.463 e. The number of hydrogen-bond acceptors (Lipinski definition) is 7. The van der Waals surface area contributed by atoms with Gasteiger partial charge < -0.3 is 25.4 Å². The molecule has 1 aliphatic rings. The highest BCUT2D eigenvalue weighted by Crippen LogP contribution is 2.14. The summed E-state index contributed by atoms with van der Waals surface area (Å²) in [5.74, 6) is -1.69. The van der Waals surface area contributed by atoms with Gasteiger partial charge in [0.25, 0.3) is 5.91 Å². The smallest absolute Gasteiger partial charge is 0.338 e. The van der Waals surface area contributed by atoms with Gasteiger partial charge in [0.05, 0.1) is 28.8 Å². The zero-order chi connectivity index (χ0) is 19.1. The molecule has 1 aromatic heterocycles. The van der Waals surface area contributed by atoms with E-state index in [1.807, 2.05) is 0 Å². The number of carbonyl (C=O) groups excluding carboxylic acids is 4. The zero-order valence-corrected chi connectivity index (χ0v) is 15.1. The molecule has 1 unspecified atom stereocenters. The fraction of sp³-hybridized carbons (Fsp3) is 0.375. The lowest BCUT2D eigenvalue weighted by Crippen LogP contribution is -2.50. The first-order valence-electron chi connectivity index (χ1n) is 7.87. The molecule has 3 N–H and O–H groups in total. The molecule has 2 heterocycles. The van der Waals surface area contributed by atoms with E-state index >= 15 is 0 Å². The van der Waals surface area contributed by atoms with Crippen LogP contribution in [0.25, 0.3) is 0 Å². The third-order valence-corrected chi connectivity index (χ3v) is 4.25. The molecular weight excluding hydrogens is 362 g/mol. The SMILES string of the molecule is CCOC(=O)C1=C(COC(=O)CNC(=O)c2cccs2)NC(=O)NC1C. The molecule has 0 spiro atoms. The lowest BCUT2D eigenvalue weighted by Gasteiger charge is -2.26. The summed E-state index contributed by atoms with van der Waals surface area (Å²) in [6, 6.07) is 2.26. The number of hydrogen-bond donors (Lipinski definition) is 3. The van der Waals surface area contributed by atoms with Gasteiger partial charge in [-0.2, -0.15) is 0 Å². The average Bonchev–Trinajstić information content (AvgIpc) is 3.12. The van der Waals surface area contributed by atoms with Crippen molar-refractivity contribution in [2.75, 3.05) is 19.8 Å². The molecule has 1 atom stereocenters. The molecular formula is C16H19N3O6S. The quantitative estimate of drug-likeness (QED) is 0.593. The van der Waals surface area contributed by atoms with E-state index in [0.717, 1.165) is 0 Å². The Bertz CT molecular complexity index is 728. The van der Waals surface area contributed by atoms with Gasteiger partial charge in [-0.25, -0.2) is 9.59 Å². The molecule has 10 heteroatoms. The maximum absolute atomic E-state index is 12.0. The van der Waals surface area contributed by atoms with Gasteiger partial charge in [-0.3, -0.25) is 9.59 Å². The van der Waals surface area contributed by atoms with E-state index in [9.17, 15) is 19.2 Å². The van der Waals surface area contributed by atoms with Crippen LogP contribution in [0.2, 0.25) is 0 Å². The molecule has 0 fully saturated rings. The molecule has 1 aliphatic heterocycles. The molecule has 0 bridgehead atoms. The molecule has 3 amide bonds. The summed E-state index contributed by atoms with van der Waals surface area (Å²) in [6.45, 7) is 2.80. The van der Waals surface area contributed by atoms with E-state index in [1.165, 1.54) is 11.3 Å². The number of amides is 3. The first-order valence-corrected chi connectivity index (χ1v) is 8.75. The molecule has 0 saturated heterocycles. The third-order valence-electron chi connectivity index (χ3n) is 3.38. The predicted molar refractivity (Wildman–Crippen MR) is 92.4 cm³/mol. The van der Waals surface area contributed by atoms with Crippen LogP contribution in [-0.4, -0.2) is 49.7 Å². The number of thiophene rings is 1. The van der Waals surface area contributed by atoms with Crippen molar-refractivity contribution in [3.63, 3.8) is 0 Å². The van der Waals surface area contributed by atoms with E-state index in [2.05, 4.69) is 16.0 Å². The Morgan fingerprint density at radius 2 is 2.08 bits per heavy atom. The van der Waals surface area contributed by atoms with Crippen molar-refractivity contribution in [2.24, 2.45) is 0 Å². The first-order chi connectivity index (χ1) is 12.4. The monoisotopic (exact) mass is 381 g/mol. The Kier molecular flexibility index (Phi) is 6.73. The zero-order valence-electron chi connectivity index (χ0n) is 14.3. The highest BCUT2D eigenvalue weighted by molar-refractivity contribution is 7.12. The summed E-state index contributed by atoms with van der Waals surface area (Å²) in [5, 5.41) is 9.16. The Labute approximate surface area is 153 Å². The minimum absolute atomic E-state index is 0.151. The second-order valence-corrected chi connectivity index (χ2v) is 6.20. The Hall–Kier alpha value is -2.88. The van der Waals surface area contributed by atoms with E-state index in [0.29, 0.717) is 4.88 Å². The van der Waals surface area contributed by atoms with Crippen molar-refractivity contribution in [2.45, 2.75) is 19.9 Å². The standard InChI is InChI=1S/C16H19N3O6S/c1-3-24-15(22)13-9(2)18-16(23)19-10(13)8-25-12(20)7-17-14(21)11-5-4-6-26-11/h4-6,9H,3,7-8H2,1-2H3,(H,17,21)(H2,18,19,23). The van der Waals surface area contributed by atoms with Crippen LogP contribution in [0.1, 0.15) is 23.5 Å². The molecule has 26 heavy (non-hydrogen) atoms. The summed E-state index contributed by atoms with van der Waals surface area (Å²) < 4.78 is 10.0. The second-order valence-electron chi connectivity index (χ2n) is 5.25. The summed E-state index contributed by atoms with van der Waals surface area (Å²) in [4.78, 5) is 47.7. The van der Waals surface area contributed by atoms with E-state index in [-0.39, 0.29) is 36.9 Å². The predicted octanol–water partition coefficient (Wildman–Crippen LogP) is 0.540. The average molecular weight is 381 g/mol. The second kappa shape index (κ2) is 8.99. The van der Waals surface area contributed by atoms with Crippen LogP contribution in [0.4, 0.5) is 4.79 Å². The van der Waals surface area contributed by atoms with Gasteiger partial charge in [-0.15, -0.1) is 11.3 Å². The molecule has 9 nitrogen and oxygen atoms in total. The van der Waals surface area contributed by atoms with E-state index in [4.69, 9.17) is 9.47 Å². The van der Waals surface area contributed by atoms with Gasteiger partial charge in [0, 0.05) is 0 Å². The Morgan fingerprint density at radius 1 is 1.31 bits per heavy atom. The number of ether oxygens (including phenoxy) is 2. The fourth-order valence-electron chi connectivity index (χ4n) is 2.24. The van der Waals surface area contributed by atoms with Gasteiger partial charge in [0.2, 0.25) is 0 Å². The Balaban J connectivity index is 1.94.